The molecule has 1 atom stereocenters. The summed E-state index contributed by atoms with van der Waals surface area (Å²) in [5, 5.41) is 3.08. The standard InChI is InChI=1S/C26H29ClN2O6S/c1-17-6-10-21(11-7-17)36(31,32)29(20-9-13-23(33-3)22(27)15-20)16-26(30)28-18(2)19-8-12-24(34-4)25(14-19)35-5/h6-15,18H,16H2,1-5H3,(H,28,30). The van der Waals surface area contributed by atoms with Crippen LogP contribution >= 0.6 is 11.6 Å². The molecule has 0 saturated heterocycles. The van der Waals surface area contributed by atoms with Gasteiger partial charge in [0.05, 0.1) is 43.0 Å². The number of rotatable bonds is 10. The van der Waals surface area contributed by atoms with Crippen LogP contribution in [0.4, 0.5) is 5.69 Å². The molecule has 0 aliphatic rings. The highest BCUT2D eigenvalue weighted by atomic mass is 35.5. The average molecular weight is 533 g/mol. The van der Waals surface area contributed by atoms with Gasteiger partial charge in [-0.15, -0.1) is 0 Å². The highest BCUT2D eigenvalue weighted by Crippen LogP contribution is 2.33. The Kier molecular flexibility index (Phi) is 8.70. The number of halogens is 1. The van der Waals surface area contributed by atoms with Crippen molar-refractivity contribution in [3.63, 3.8) is 0 Å². The number of benzene rings is 3. The number of carbonyl (C=O) groups excluding carboxylic acids is 1. The summed E-state index contributed by atoms with van der Waals surface area (Å²) >= 11 is 6.28. The van der Waals surface area contributed by atoms with E-state index in [9.17, 15) is 13.2 Å². The molecule has 0 spiro atoms. The van der Waals surface area contributed by atoms with Crippen LogP contribution in [0.3, 0.4) is 0 Å². The largest absolute Gasteiger partial charge is 0.495 e. The Morgan fingerprint density at radius 1 is 0.917 bits per heavy atom. The first-order chi connectivity index (χ1) is 17.1. The molecule has 0 saturated carbocycles. The normalized spacial score (nSPS) is 11.9. The van der Waals surface area contributed by atoms with E-state index in [1.165, 1.54) is 39.5 Å². The highest BCUT2D eigenvalue weighted by Gasteiger charge is 2.28. The summed E-state index contributed by atoms with van der Waals surface area (Å²) in [6.07, 6.45) is 0. The van der Waals surface area contributed by atoms with E-state index in [0.717, 1.165) is 15.4 Å². The predicted octanol–water partition coefficient (Wildman–Crippen LogP) is 4.75. The van der Waals surface area contributed by atoms with Crippen LogP contribution in [-0.4, -0.2) is 42.2 Å². The Morgan fingerprint density at radius 2 is 1.53 bits per heavy atom. The second-order valence-corrected chi connectivity index (χ2v) is 10.3. The molecule has 8 nitrogen and oxygen atoms in total. The van der Waals surface area contributed by atoms with Gasteiger partial charge in [-0.05, 0) is 61.9 Å². The number of carbonyl (C=O) groups is 1. The van der Waals surface area contributed by atoms with Crippen LogP contribution in [0.5, 0.6) is 17.2 Å². The summed E-state index contributed by atoms with van der Waals surface area (Å²) < 4.78 is 44.0. The summed E-state index contributed by atoms with van der Waals surface area (Å²) in [6, 6.07) is 15.8. The van der Waals surface area contributed by atoms with Crippen molar-refractivity contribution in [2.24, 2.45) is 0 Å². The summed E-state index contributed by atoms with van der Waals surface area (Å²) in [4.78, 5) is 13.2. The quantitative estimate of drug-likeness (QED) is 0.405. The fourth-order valence-corrected chi connectivity index (χ4v) is 5.25. The third kappa shape index (κ3) is 6.03. The minimum Gasteiger partial charge on any atom is -0.495 e. The zero-order valence-electron chi connectivity index (χ0n) is 20.7. The van der Waals surface area contributed by atoms with Gasteiger partial charge in [0, 0.05) is 0 Å². The summed E-state index contributed by atoms with van der Waals surface area (Å²) in [6.45, 7) is 3.19. The average Bonchev–Trinajstić information content (AvgIpc) is 2.86. The SMILES string of the molecule is COc1ccc(N(CC(=O)NC(C)c2ccc(OC)c(OC)c2)S(=O)(=O)c2ccc(C)cc2)cc1Cl. The third-order valence-corrected chi connectivity index (χ3v) is 7.69. The van der Waals surface area contributed by atoms with Gasteiger partial charge in [-0.2, -0.15) is 0 Å². The molecule has 36 heavy (non-hydrogen) atoms. The lowest BCUT2D eigenvalue weighted by Gasteiger charge is -2.25. The lowest BCUT2D eigenvalue weighted by Crippen LogP contribution is -2.41. The Labute approximate surface area is 216 Å². The van der Waals surface area contributed by atoms with Crippen molar-refractivity contribution in [3.8, 4) is 17.2 Å². The molecular formula is C26H29ClN2O6S. The lowest BCUT2D eigenvalue weighted by molar-refractivity contribution is -0.120. The van der Waals surface area contributed by atoms with Crippen LogP contribution in [-0.2, 0) is 14.8 Å². The third-order valence-electron chi connectivity index (χ3n) is 5.60. The summed E-state index contributed by atoms with van der Waals surface area (Å²) in [5.74, 6) is 0.971. The maximum Gasteiger partial charge on any atom is 0.264 e. The molecule has 0 fully saturated rings. The molecule has 1 N–H and O–H groups in total. The zero-order chi connectivity index (χ0) is 26.5. The minimum atomic E-state index is -4.09. The number of aryl methyl sites for hydroxylation is 1. The Bertz CT molecular complexity index is 1330. The van der Waals surface area contributed by atoms with Crippen molar-refractivity contribution in [2.75, 3.05) is 32.2 Å². The van der Waals surface area contributed by atoms with Gasteiger partial charge in [-0.1, -0.05) is 35.4 Å². The van der Waals surface area contributed by atoms with Crippen molar-refractivity contribution in [2.45, 2.75) is 24.8 Å². The van der Waals surface area contributed by atoms with Gasteiger partial charge < -0.3 is 19.5 Å². The molecule has 3 aromatic rings. The molecule has 10 heteroatoms. The number of anilines is 1. The van der Waals surface area contributed by atoms with Crippen molar-refractivity contribution < 1.29 is 27.4 Å². The molecule has 1 amide bonds. The van der Waals surface area contributed by atoms with E-state index in [0.29, 0.717) is 17.2 Å². The molecule has 0 radical (unpaired) electrons. The van der Waals surface area contributed by atoms with Crippen molar-refractivity contribution in [1.29, 1.82) is 0 Å². The molecule has 3 rings (SSSR count). The van der Waals surface area contributed by atoms with Gasteiger partial charge in [0.1, 0.15) is 12.3 Å². The van der Waals surface area contributed by atoms with Gasteiger partial charge in [-0.3, -0.25) is 9.10 Å². The summed E-state index contributed by atoms with van der Waals surface area (Å²) in [5.41, 5.74) is 1.91. The number of methoxy groups -OCH3 is 3. The van der Waals surface area contributed by atoms with E-state index < -0.39 is 28.5 Å². The first-order valence-corrected chi connectivity index (χ1v) is 12.9. The number of amides is 1. The molecule has 0 bridgehead atoms. The second-order valence-electron chi connectivity index (χ2n) is 8.05. The number of sulfonamides is 1. The van der Waals surface area contributed by atoms with Crippen LogP contribution in [0.2, 0.25) is 5.02 Å². The molecule has 0 aliphatic heterocycles. The molecule has 0 heterocycles. The maximum absolute atomic E-state index is 13.6. The Balaban J connectivity index is 1.92. The maximum atomic E-state index is 13.6. The van der Waals surface area contributed by atoms with Gasteiger partial charge in [-0.25, -0.2) is 8.42 Å². The minimum absolute atomic E-state index is 0.0563. The predicted molar refractivity (Wildman–Crippen MR) is 140 cm³/mol. The Hall–Kier alpha value is -3.43. The van der Waals surface area contributed by atoms with Gasteiger partial charge in [0.2, 0.25) is 5.91 Å². The molecular weight excluding hydrogens is 504 g/mol. The number of nitrogens with zero attached hydrogens (tertiary/aromatic N) is 1. The number of nitrogens with one attached hydrogen (secondary N) is 1. The van der Waals surface area contributed by atoms with E-state index in [-0.39, 0.29) is 15.6 Å². The molecule has 192 valence electrons. The molecule has 1 unspecified atom stereocenters. The number of ether oxygens (including phenoxy) is 3. The molecule has 3 aromatic carbocycles. The molecule has 0 aromatic heterocycles. The van der Waals surface area contributed by atoms with E-state index in [4.69, 9.17) is 25.8 Å². The van der Waals surface area contributed by atoms with Gasteiger partial charge in [0.15, 0.2) is 11.5 Å². The first kappa shape index (κ1) is 27.2. The monoisotopic (exact) mass is 532 g/mol. The topological polar surface area (TPSA) is 94.2 Å². The fraction of sp³-hybridized carbons (Fsp3) is 0.269. The van der Waals surface area contributed by atoms with Crippen LogP contribution in [0, 0.1) is 6.92 Å². The number of hydrogen-bond acceptors (Lipinski definition) is 6. The Morgan fingerprint density at radius 3 is 2.11 bits per heavy atom. The van der Waals surface area contributed by atoms with Crippen LogP contribution in [0.1, 0.15) is 24.1 Å². The number of hydrogen-bond donors (Lipinski definition) is 1. The smallest absolute Gasteiger partial charge is 0.264 e. The zero-order valence-corrected chi connectivity index (χ0v) is 22.3. The summed E-state index contributed by atoms with van der Waals surface area (Å²) in [7, 11) is 0.443. The van der Waals surface area contributed by atoms with Gasteiger partial charge in [0.25, 0.3) is 10.0 Å². The van der Waals surface area contributed by atoms with E-state index in [1.54, 1.807) is 49.4 Å². The fourth-order valence-electron chi connectivity index (χ4n) is 3.59. The van der Waals surface area contributed by atoms with E-state index in [1.807, 2.05) is 6.92 Å². The van der Waals surface area contributed by atoms with E-state index in [2.05, 4.69) is 5.32 Å². The first-order valence-electron chi connectivity index (χ1n) is 11.0. The van der Waals surface area contributed by atoms with Crippen molar-refractivity contribution >= 4 is 33.2 Å². The van der Waals surface area contributed by atoms with Crippen LogP contribution in [0.25, 0.3) is 0 Å². The van der Waals surface area contributed by atoms with Crippen LogP contribution < -0.4 is 23.8 Å². The van der Waals surface area contributed by atoms with Crippen LogP contribution in [0.15, 0.2) is 65.6 Å². The van der Waals surface area contributed by atoms with Gasteiger partial charge >= 0.3 is 0 Å². The highest BCUT2D eigenvalue weighted by molar-refractivity contribution is 7.92. The lowest BCUT2D eigenvalue weighted by atomic mass is 10.1. The van der Waals surface area contributed by atoms with Crippen molar-refractivity contribution in [3.05, 3.63) is 76.8 Å². The van der Waals surface area contributed by atoms with Crippen molar-refractivity contribution in [1.82, 2.24) is 5.32 Å². The second kappa shape index (κ2) is 11.5. The van der Waals surface area contributed by atoms with E-state index >= 15 is 0 Å². The molecule has 0 aliphatic carbocycles.